The summed E-state index contributed by atoms with van der Waals surface area (Å²) in [7, 11) is 4.96. The molecule has 1 aromatic heterocycles. The Morgan fingerprint density at radius 1 is 1.17 bits per heavy atom. The van der Waals surface area contributed by atoms with Crippen LogP contribution in [-0.2, 0) is 4.79 Å². The molecule has 1 aromatic carbocycles. The van der Waals surface area contributed by atoms with Gasteiger partial charge in [-0.1, -0.05) is 12.8 Å². The summed E-state index contributed by atoms with van der Waals surface area (Å²) in [5.74, 6) is -4.25. The van der Waals surface area contributed by atoms with Gasteiger partial charge in [0.15, 0.2) is 5.82 Å². The molecule has 1 saturated heterocycles. The molecule has 42 heavy (non-hydrogen) atoms. The van der Waals surface area contributed by atoms with E-state index in [4.69, 9.17) is 4.74 Å². The molecule has 3 aliphatic rings. The second-order valence-electron chi connectivity index (χ2n) is 11.3. The summed E-state index contributed by atoms with van der Waals surface area (Å²) >= 11 is 0. The number of hydrogen-bond acceptors (Lipinski definition) is 9. The van der Waals surface area contributed by atoms with Crippen LogP contribution in [0, 0.1) is 0 Å². The lowest BCUT2D eigenvalue weighted by molar-refractivity contribution is -0.140. The van der Waals surface area contributed by atoms with Crippen molar-refractivity contribution in [2.24, 2.45) is 0 Å². The van der Waals surface area contributed by atoms with Gasteiger partial charge in [0.1, 0.15) is 18.0 Å². The van der Waals surface area contributed by atoms with Crippen molar-refractivity contribution >= 4 is 35.0 Å². The lowest BCUT2D eigenvalue weighted by Gasteiger charge is -2.31. The van der Waals surface area contributed by atoms with Crippen LogP contribution in [0.2, 0.25) is 0 Å². The molecule has 0 unspecified atom stereocenters. The number of halogens is 2. The van der Waals surface area contributed by atoms with Crippen molar-refractivity contribution in [2.75, 3.05) is 69.1 Å². The van der Waals surface area contributed by atoms with E-state index in [0.717, 1.165) is 62.1 Å². The Kier molecular flexibility index (Phi) is 8.78. The first-order valence-corrected chi connectivity index (χ1v) is 14.5. The fraction of sp³-hybridized carbons (Fsp3) is 0.586. The molecule has 2 aliphatic heterocycles. The predicted molar refractivity (Wildman–Crippen MR) is 155 cm³/mol. The van der Waals surface area contributed by atoms with Gasteiger partial charge in [-0.15, -0.1) is 0 Å². The Balaban J connectivity index is 1.57. The van der Waals surface area contributed by atoms with Crippen molar-refractivity contribution in [3.8, 4) is 5.75 Å². The van der Waals surface area contributed by atoms with Gasteiger partial charge in [-0.2, -0.15) is 13.8 Å². The Morgan fingerprint density at radius 2 is 1.88 bits per heavy atom. The first-order chi connectivity index (χ1) is 20.1. The molecule has 2 aromatic rings. The molecule has 2 fully saturated rings. The van der Waals surface area contributed by atoms with Crippen molar-refractivity contribution in [3.05, 3.63) is 29.5 Å². The molecule has 0 spiro atoms. The summed E-state index contributed by atoms with van der Waals surface area (Å²) in [5, 5.41) is 15.3. The maximum Gasteiger partial charge on any atom is 0.342 e. The first kappa shape index (κ1) is 29.9. The summed E-state index contributed by atoms with van der Waals surface area (Å²) in [4.78, 5) is 39.4. The van der Waals surface area contributed by atoms with Crippen LogP contribution in [0.3, 0.4) is 0 Å². The van der Waals surface area contributed by atoms with Gasteiger partial charge in [0.2, 0.25) is 5.95 Å². The third kappa shape index (κ3) is 5.98. The third-order valence-corrected chi connectivity index (χ3v) is 8.51. The number of ether oxygens (including phenoxy) is 1. The normalized spacial score (nSPS) is 19.9. The highest BCUT2D eigenvalue weighted by Gasteiger charge is 2.48. The molecule has 2 amide bonds. The van der Waals surface area contributed by atoms with Gasteiger partial charge in [-0.25, -0.2) is 4.98 Å². The maximum absolute atomic E-state index is 15.0. The van der Waals surface area contributed by atoms with Gasteiger partial charge < -0.3 is 35.2 Å². The number of amides is 2. The molecule has 3 N–H and O–H groups in total. The minimum Gasteiger partial charge on any atom is -0.489 e. The zero-order valence-electron chi connectivity index (χ0n) is 24.3. The molecule has 0 radical (unpaired) electrons. The van der Waals surface area contributed by atoms with E-state index in [2.05, 4.69) is 32.5 Å². The van der Waals surface area contributed by atoms with Crippen LogP contribution in [0.25, 0.3) is 0 Å². The van der Waals surface area contributed by atoms with Crippen molar-refractivity contribution in [2.45, 2.75) is 56.4 Å². The average Bonchev–Trinajstić information content (AvgIpc) is 3.51. The van der Waals surface area contributed by atoms with Gasteiger partial charge in [0.25, 0.3) is 11.8 Å². The molecule has 1 saturated carbocycles. The number of carbonyl (C=O) groups excluding carboxylic acids is 2. The molecular weight excluding hydrogens is 548 g/mol. The molecule has 1 aliphatic carbocycles. The quantitative estimate of drug-likeness (QED) is 0.428. The zero-order valence-corrected chi connectivity index (χ0v) is 24.3. The Hall–Kier alpha value is -3.58. The maximum atomic E-state index is 15.0. The number of nitrogens with one attached hydrogen (secondary N) is 2. The van der Waals surface area contributed by atoms with Gasteiger partial charge >= 0.3 is 5.92 Å². The molecule has 13 heteroatoms. The summed E-state index contributed by atoms with van der Waals surface area (Å²) < 4.78 is 35.8. The van der Waals surface area contributed by atoms with Crippen molar-refractivity contribution in [3.63, 3.8) is 0 Å². The van der Waals surface area contributed by atoms with Crippen LogP contribution in [-0.4, -0.2) is 97.7 Å². The van der Waals surface area contributed by atoms with Crippen LogP contribution < -0.4 is 25.2 Å². The van der Waals surface area contributed by atoms with Gasteiger partial charge in [0.05, 0.1) is 25.0 Å². The summed E-state index contributed by atoms with van der Waals surface area (Å²) in [6.07, 6.45) is 6.45. The van der Waals surface area contributed by atoms with Crippen molar-refractivity contribution in [1.82, 2.24) is 20.2 Å². The topological polar surface area (TPSA) is 123 Å². The number of anilines is 4. The highest BCUT2D eigenvalue weighted by molar-refractivity contribution is 6.02. The minimum absolute atomic E-state index is 0.00206. The van der Waals surface area contributed by atoms with Gasteiger partial charge in [-0.3, -0.25) is 9.59 Å². The van der Waals surface area contributed by atoms with Crippen LogP contribution >= 0.6 is 0 Å². The monoisotopic (exact) mass is 587 g/mol. The lowest BCUT2D eigenvalue weighted by atomic mass is 9.85. The predicted octanol–water partition coefficient (Wildman–Crippen LogP) is 3.12. The fourth-order valence-corrected chi connectivity index (χ4v) is 6.18. The third-order valence-electron chi connectivity index (χ3n) is 8.51. The molecule has 0 atom stereocenters. The standard InChI is InChI=1S/C29H39F2N7O4/c1-32-26(40)21-15-24(42-13-12-39)22(14-20(21)18-8-10-36(2)11-9-18)34-28-33-16-23-25(35-28)38(19-6-4-5-7-19)17-29(30,31)27(41)37(23)3/h14-16,18-19,39H,4-13,17H2,1-3H3,(H,32,40)(H,33,34,35). The van der Waals surface area contributed by atoms with E-state index in [1.807, 2.05) is 6.07 Å². The van der Waals surface area contributed by atoms with E-state index in [0.29, 0.717) is 17.0 Å². The highest BCUT2D eigenvalue weighted by Crippen LogP contribution is 2.41. The Labute approximate surface area is 244 Å². The van der Waals surface area contributed by atoms with Crippen molar-refractivity contribution < 1.29 is 28.2 Å². The SMILES string of the molecule is CNC(=O)c1cc(OCCO)c(Nc2ncc3c(n2)N(C2CCCC2)CC(F)(F)C(=O)N3C)cc1C1CCN(C)CC1. The van der Waals surface area contributed by atoms with Crippen LogP contribution in [0.1, 0.15) is 60.4 Å². The van der Waals surface area contributed by atoms with E-state index in [9.17, 15) is 14.7 Å². The lowest BCUT2D eigenvalue weighted by Crippen LogP contribution is -2.48. The van der Waals surface area contributed by atoms with E-state index >= 15 is 8.78 Å². The molecule has 0 bridgehead atoms. The number of likely N-dealkylation sites (tertiary alicyclic amines) is 1. The largest absolute Gasteiger partial charge is 0.489 e. The van der Waals surface area contributed by atoms with E-state index in [1.165, 1.54) is 13.2 Å². The summed E-state index contributed by atoms with van der Waals surface area (Å²) in [6, 6.07) is 3.36. The second-order valence-corrected chi connectivity index (χ2v) is 11.3. The zero-order chi connectivity index (χ0) is 30.0. The van der Waals surface area contributed by atoms with Crippen LogP contribution in [0.15, 0.2) is 18.3 Å². The number of piperidine rings is 1. The van der Waals surface area contributed by atoms with Crippen LogP contribution in [0.4, 0.5) is 31.9 Å². The second kappa shape index (κ2) is 12.3. The smallest absolute Gasteiger partial charge is 0.342 e. The fourth-order valence-electron chi connectivity index (χ4n) is 6.18. The Bertz CT molecular complexity index is 1310. The number of aliphatic hydroxyl groups is 1. The molecule has 3 heterocycles. The van der Waals surface area contributed by atoms with E-state index in [-0.39, 0.29) is 48.5 Å². The molecule has 228 valence electrons. The number of nitrogens with zero attached hydrogens (tertiary/aromatic N) is 5. The minimum atomic E-state index is -3.57. The number of hydrogen-bond donors (Lipinski definition) is 3. The number of carbonyl (C=O) groups is 2. The number of benzene rings is 1. The number of aromatic nitrogens is 2. The number of fused-ring (bicyclic) bond motifs is 1. The van der Waals surface area contributed by atoms with E-state index < -0.39 is 18.4 Å². The molecule has 5 rings (SSSR count). The molecule has 11 nitrogen and oxygen atoms in total. The highest BCUT2D eigenvalue weighted by atomic mass is 19.3. The Morgan fingerprint density at radius 3 is 2.55 bits per heavy atom. The van der Waals surface area contributed by atoms with Gasteiger partial charge in [-0.05, 0) is 69.4 Å². The van der Waals surface area contributed by atoms with E-state index in [1.54, 1.807) is 18.0 Å². The van der Waals surface area contributed by atoms with Gasteiger partial charge in [0, 0.05) is 25.7 Å². The first-order valence-electron chi connectivity index (χ1n) is 14.5. The number of rotatable bonds is 8. The summed E-state index contributed by atoms with van der Waals surface area (Å²) in [6.45, 7) is 0.802. The van der Waals surface area contributed by atoms with Crippen molar-refractivity contribution in [1.29, 1.82) is 0 Å². The average molecular weight is 588 g/mol. The van der Waals surface area contributed by atoms with Crippen LogP contribution in [0.5, 0.6) is 5.75 Å². The summed E-state index contributed by atoms with van der Waals surface area (Å²) in [5.41, 5.74) is 2.05. The molecular formula is C29H39F2N7O4. The number of alkyl halides is 2. The number of aliphatic hydroxyl groups excluding tert-OH is 1.